The Labute approximate surface area is 142 Å². The van der Waals surface area contributed by atoms with E-state index >= 15 is 0 Å². The third-order valence-electron chi connectivity index (χ3n) is 5.32. The third kappa shape index (κ3) is 3.72. The molecule has 123 valence electrons. The van der Waals surface area contributed by atoms with Crippen LogP contribution in [0.2, 0.25) is 0 Å². The zero-order chi connectivity index (χ0) is 16.3. The van der Waals surface area contributed by atoms with Crippen LogP contribution >= 0.6 is 22.6 Å². The molecule has 1 radical (unpaired) electrons. The summed E-state index contributed by atoms with van der Waals surface area (Å²) in [7, 11) is 0. The van der Waals surface area contributed by atoms with Crippen LogP contribution in [0.4, 0.5) is 0 Å². The van der Waals surface area contributed by atoms with Gasteiger partial charge in [-0.2, -0.15) is 0 Å². The van der Waals surface area contributed by atoms with Crippen molar-refractivity contribution in [3.8, 4) is 0 Å². The number of rotatable bonds is 6. The molecule has 0 aliphatic carbocycles. The highest BCUT2D eigenvalue weighted by molar-refractivity contribution is 14.1. The van der Waals surface area contributed by atoms with E-state index in [0.717, 1.165) is 25.7 Å². The first-order valence-corrected chi connectivity index (χ1v) is 9.37. The Morgan fingerprint density at radius 2 is 1.52 bits per heavy atom. The molecule has 1 rings (SSSR count). The minimum Gasteiger partial charge on any atom is -0.461 e. The molecule has 1 unspecified atom stereocenters. The molecule has 1 aliphatic heterocycles. The number of carbonyl (C=O) groups excluding carboxylic acids is 1. The van der Waals surface area contributed by atoms with Crippen LogP contribution in [0.25, 0.3) is 0 Å². The highest BCUT2D eigenvalue weighted by Gasteiger charge is 2.53. The molecular weight excluding hydrogens is 381 g/mol. The van der Waals surface area contributed by atoms with Crippen molar-refractivity contribution >= 4 is 28.6 Å². The lowest BCUT2D eigenvalue weighted by molar-refractivity contribution is -0.320. The van der Waals surface area contributed by atoms with Crippen molar-refractivity contribution in [2.75, 3.05) is 0 Å². The zero-order valence-electron chi connectivity index (χ0n) is 13.9. The molecule has 21 heavy (non-hydrogen) atoms. The van der Waals surface area contributed by atoms with E-state index < -0.39 is 11.1 Å². The predicted molar refractivity (Wildman–Crippen MR) is 91.7 cm³/mol. The van der Waals surface area contributed by atoms with Gasteiger partial charge in [-0.3, -0.25) is 4.79 Å². The smallest absolute Gasteiger partial charge is 0.318 e. The van der Waals surface area contributed by atoms with Gasteiger partial charge in [-0.25, -0.2) is 0 Å². The molecule has 0 aromatic rings. The normalized spacial score (nSPS) is 23.8. The minimum absolute atomic E-state index is 0.139. The van der Waals surface area contributed by atoms with Crippen LogP contribution in [0.3, 0.4) is 0 Å². The lowest BCUT2D eigenvalue weighted by Gasteiger charge is -2.54. The van der Waals surface area contributed by atoms with Gasteiger partial charge in [0.1, 0.15) is 10.0 Å². The fourth-order valence-corrected chi connectivity index (χ4v) is 3.73. The SMILES string of the molecule is CCC1(CC)CC(OC(=O)C(C)I)CC(CC)(CC)N1[O]. The van der Waals surface area contributed by atoms with Crippen molar-refractivity contribution in [1.82, 2.24) is 5.06 Å². The van der Waals surface area contributed by atoms with Crippen LogP contribution < -0.4 is 0 Å². The molecule has 0 saturated carbocycles. The Bertz CT molecular complexity index is 329. The van der Waals surface area contributed by atoms with Crippen molar-refractivity contribution in [2.24, 2.45) is 0 Å². The van der Waals surface area contributed by atoms with Gasteiger partial charge in [0, 0.05) is 12.8 Å². The van der Waals surface area contributed by atoms with Crippen LogP contribution in [0.15, 0.2) is 0 Å². The molecule has 0 aromatic heterocycles. The summed E-state index contributed by atoms with van der Waals surface area (Å²) in [6.45, 7) is 10.1. The summed E-state index contributed by atoms with van der Waals surface area (Å²) in [4.78, 5) is 11.9. The molecule has 0 spiro atoms. The summed E-state index contributed by atoms with van der Waals surface area (Å²) >= 11 is 2.08. The fraction of sp³-hybridized carbons (Fsp3) is 0.938. The van der Waals surface area contributed by atoms with Crippen LogP contribution in [0.1, 0.15) is 73.1 Å². The first-order valence-electron chi connectivity index (χ1n) is 8.12. The Hall–Kier alpha value is 0.120. The van der Waals surface area contributed by atoms with E-state index in [1.165, 1.54) is 5.06 Å². The largest absolute Gasteiger partial charge is 0.461 e. The van der Waals surface area contributed by atoms with Gasteiger partial charge in [0.15, 0.2) is 0 Å². The first kappa shape index (κ1) is 19.2. The molecule has 4 nitrogen and oxygen atoms in total. The molecule has 1 heterocycles. The van der Waals surface area contributed by atoms with E-state index in [1.54, 1.807) is 0 Å². The monoisotopic (exact) mass is 410 g/mol. The average molecular weight is 410 g/mol. The second kappa shape index (κ2) is 7.59. The van der Waals surface area contributed by atoms with Gasteiger partial charge in [0.2, 0.25) is 0 Å². The number of hydrogen-bond donors (Lipinski definition) is 0. The quantitative estimate of drug-likeness (QED) is 0.373. The maximum Gasteiger partial charge on any atom is 0.318 e. The summed E-state index contributed by atoms with van der Waals surface area (Å²) < 4.78 is 5.56. The molecule has 0 bridgehead atoms. The molecule has 0 aromatic carbocycles. The Balaban J connectivity index is 3.07. The summed E-state index contributed by atoms with van der Waals surface area (Å²) in [6, 6.07) is 0. The van der Waals surface area contributed by atoms with Crippen molar-refractivity contribution in [3.05, 3.63) is 0 Å². The topological polar surface area (TPSA) is 49.4 Å². The van der Waals surface area contributed by atoms with E-state index in [1.807, 2.05) is 6.92 Å². The van der Waals surface area contributed by atoms with Crippen molar-refractivity contribution in [2.45, 2.75) is 94.3 Å². The van der Waals surface area contributed by atoms with Gasteiger partial charge in [-0.15, -0.1) is 10.3 Å². The summed E-state index contributed by atoms with van der Waals surface area (Å²) in [5.74, 6) is -0.165. The number of piperidine rings is 1. The van der Waals surface area contributed by atoms with Crippen molar-refractivity contribution in [1.29, 1.82) is 0 Å². The summed E-state index contributed by atoms with van der Waals surface area (Å²) in [5.41, 5.74) is -0.798. The van der Waals surface area contributed by atoms with Gasteiger partial charge in [0.05, 0.1) is 11.1 Å². The van der Waals surface area contributed by atoms with E-state index in [9.17, 15) is 10.0 Å². The van der Waals surface area contributed by atoms with E-state index in [0.29, 0.717) is 12.8 Å². The number of nitrogens with zero attached hydrogens (tertiary/aromatic N) is 1. The van der Waals surface area contributed by atoms with Gasteiger partial charge in [-0.05, 0) is 32.6 Å². The number of alkyl halides is 1. The summed E-state index contributed by atoms with van der Waals surface area (Å²) in [5, 5.41) is 14.4. The van der Waals surface area contributed by atoms with Crippen molar-refractivity contribution in [3.63, 3.8) is 0 Å². The van der Waals surface area contributed by atoms with E-state index in [2.05, 4.69) is 50.3 Å². The fourth-order valence-electron chi connectivity index (χ4n) is 3.58. The predicted octanol–water partition coefficient (Wildman–Crippen LogP) is 4.28. The number of carbonyl (C=O) groups is 1. The standard InChI is InChI=1S/C16H29INO3/c1-6-15(7-2)10-13(21-14(19)12(5)17)11-16(8-3,9-4)18(15)20/h12-13H,6-11H2,1-5H3. The van der Waals surface area contributed by atoms with Crippen LogP contribution in [-0.2, 0) is 14.7 Å². The molecule has 1 saturated heterocycles. The first-order chi connectivity index (χ1) is 9.80. The Kier molecular flexibility index (Phi) is 6.93. The van der Waals surface area contributed by atoms with E-state index in [4.69, 9.17) is 4.74 Å². The maximum absolute atomic E-state index is 13.0. The van der Waals surface area contributed by atoms with Gasteiger partial charge < -0.3 is 4.74 Å². The molecule has 1 fully saturated rings. The Morgan fingerprint density at radius 3 is 1.81 bits per heavy atom. The number of hydroxylamine groups is 2. The van der Waals surface area contributed by atoms with Gasteiger partial charge in [-0.1, -0.05) is 50.3 Å². The molecule has 0 amide bonds. The number of halogens is 1. The second-order valence-corrected chi connectivity index (χ2v) is 8.11. The molecule has 0 N–H and O–H groups in total. The highest BCUT2D eigenvalue weighted by atomic mass is 127. The molecule has 5 heteroatoms. The lowest BCUT2D eigenvalue weighted by Crippen LogP contribution is -2.64. The second-order valence-electron chi connectivity index (χ2n) is 6.24. The average Bonchev–Trinajstić information content (AvgIpc) is 2.49. The number of hydrogen-bond acceptors (Lipinski definition) is 3. The lowest BCUT2D eigenvalue weighted by atomic mass is 9.72. The summed E-state index contributed by atoms with van der Waals surface area (Å²) in [6.07, 6.45) is 4.34. The van der Waals surface area contributed by atoms with Crippen LogP contribution in [0.5, 0.6) is 0 Å². The number of ether oxygens (including phenoxy) is 1. The Morgan fingerprint density at radius 1 is 1.14 bits per heavy atom. The zero-order valence-corrected chi connectivity index (χ0v) is 16.1. The van der Waals surface area contributed by atoms with Crippen LogP contribution in [0, 0.1) is 0 Å². The highest BCUT2D eigenvalue weighted by Crippen LogP contribution is 2.45. The minimum atomic E-state index is -0.399. The van der Waals surface area contributed by atoms with Gasteiger partial charge >= 0.3 is 5.97 Å². The third-order valence-corrected chi connectivity index (χ3v) is 5.83. The maximum atomic E-state index is 13.0. The van der Waals surface area contributed by atoms with Crippen LogP contribution in [-0.4, -0.2) is 32.1 Å². The number of esters is 1. The molecule has 1 aliphatic rings. The molecular formula is C16H29INO3. The molecule has 1 atom stereocenters. The van der Waals surface area contributed by atoms with Crippen molar-refractivity contribution < 1.29 is 14.7 Å². The van der Waals surface area contributed by atoms with E-state index in [-0.39, 0.29) is 16.0 Å². The van der Waals surface area contributed by atoms with Gasteiger partial charge in [0.25, 0.3) is 0 Å².